The summed E-state index contributed by atoms with van der Waals surface area (Å²) < 4.78 is 0. The molecule has 1 aliphatic heterocycles. The van der Waals surface area contributed by atoms with Gasteiger partial charge in [-0.2, -0.15) is 5.26 Å². The molecule has 0 bridgehead atoms. The molecule has 0 aromatic heterocycles. The molecule has 132 valence electrons. The maximum Gasteiger partial charge on any atom is 0.253 e. The third kappa shape index (κ3) is 4.66. The Hall–Kier alpha value is -2.68. The number of nitriles is 1. The molecule has 6 heteroatoms. The molecule has 0 saturated carbocycles. The Morgan fingerprint density at radius 1 is 1.24 bits per heavy atom. The summed E-state index contributed by atoms with van der Waals surface area (Å²) in [6.45, 7) is 4.38. The number of hydrogen-bond donors (Lipinski definition) is 1. The summed E-state index contributed by atoms with van der Waals surface area (Å²) in [4.78, 5) is 38.9. The zero-order valence-corrected chi connectivity index (χ0v) is 14.6. The number of carbonyl (C=O) groups is 3. The lowest BCUT2D eigenvalue weighted by Crippen LogP contribution is -2.46. The van der Waals surface area contributed by atoms with Crippen molar-refractivity contribution in [3.63, 3.8) is 0 Å². The monoisotopic (exact) mass is 341 g/mol. The molecule has 2 amide bonds. The van der Waals surface area contributed by atoms with E-state index in [1.165, 1.54) is 0 Å². The molecule has 0 spiro atoms. The lowest BCUT2D eigenvalue weighted by molar-refractivity contribution is -0.134. The number of rotatable bonds is 5. The number of benzene rings is 1. The average molecular weight is 341 g/mol. The van der Waals surface area contributed by atoms with Crippen molar-refractivity contribution in [1.82, 2.24) is 10.2 Å². The van der Waals surface area contributed by atoms with Gasteiger partial charge in [0.1, 0.15) is 0 Å². The van der Waals surface area contributed by atoms with Crippen LogP contribution in [0, 0.1) is 23.2 Å². The van der Waals surface area contributed by atoms with Gasteiger partial charge in [0, 0.05) is 30.6 Å². The molecule has 1 saturated heterocycles. The quantitative estimate of drug-likeness (QED) is 0.827. The predicted octanol–water partition coefficient (Wildman–Crippen LogP) is 1.77. The Kier molecular flexibility index (Phi) is 6.29. The van der Waals surface area contributed by atoms with Gasteiger partial charge in [-0.25, -0.2) is 0 Å². The zero-order valence-electron chi connectivity index (χ0n) is 14.6. The number of amides is 2. The Bertz CT molecular complexity index is 679. The van der Waals surface area contributed by atoms with Crippen LogP contribution in [-0.2, 0) is 9.59 Å². The van der Waals surface area contributed by atoms with E-state index in [2.05, 4.69) is 5.32 Å². The minimum atomic E-state index is -1.32. The zero-order chi connectivity index (χ0) is 18.4. The first kappa shape index (κ1) is 18.7. The van der Waals surface area contributed by atoms with Crippen LogP contribution >= 0.6 is 0 Å². The lowest BCUT2D eigenvalue weighted by atomic mass is 9.86. The van der Waals surface area contributed by atoms with Crippen LogP contribution < -0.4 is 5.32 Å². The standard InChI is InChI=1S/C19H23N3O3/c1-13(2)21-18(24)16(11-20)17(23)15-9-6-10-22(12-15)19(25)14-7-4-3-5-8-14/h3-5,7-8,13,15-16H,6,9-10,12H2,1-2H3,(H,21,24)/t15-,16+/m1/s1. The van der Waals surface area contributed by atoms with Gasteiger partial charge in [0.2, 0.25) is 5.91 Å². The molecule has 6 nitrogen and oxygen atoms in total. The molecule has 0 radical (unpaired) electrons. The van der Waals surface area contributed by atoms with E-state index in [0.717, 1.165) is 0 Å². The number of likely N-dealkylation sites (tertiary alicyclic amines) is 1. The first-order valence-electron chi connectivity index (χ1n) is 8.52. The molecular formula is C19H23N3O3. The van der Waals surface area contributed by atoms with Crippen molar-refractivity contribution in [2.45, 2.75) is 32.7 Å². The van der Waals surface area contributed by atoms with E-state index in [1.807, 2.05) is 12.1 Å². The Balaban J connectivity index is 2.07. The maximum absolute atomic E-state index is 12.6. The van der Waals surface area contributed by atoms with Crippen molar-refractivity contribution < 1.29 is 14.4 Å². The Labute approximate surface area is 147 Å². The predicted molar refractivity (Wildman–Crippen MR) is 92.5 cm³/mol. The molecule has 25 heavy (non-hydrogen) atoms. The second kappa shape index (κ2) is 8.43. The molecule has 1 aliphatic rings. The van der Waals surface area contributed by atoms with E-state index in [-0.39, 0.29) is 18.5 Å². The second-order valence-electron chi connectivity index (χ2n) is 6.58. The summed E-state index contributed by atoms with van der Waals surface area (Å²) in [6.07, 6.45) is 1.27. The first-order valence-corrected chi connectivity index (χ1v) is 8.52. The van der Waals surface area contributed by atoms with Crippen LogP contribution in [-0.4, -0.2) is 41.6 Å². The van der Waals surface area contributed by atoms with Crippen LogP contribution in [0.2, 0.25) is 0 Å². The van der Waals surface area contributed by atoms with Gasteiger partial charge in [-0.15, -0.1) is 0 Å². The highest BCUT2D eigenvalue weighted by atomic mass is 16.2. The largest absolute Gasteiger partial charge is 0.352 e. The highest BCUT2D eigenvalue weighted by Crippen LogP contribution is 2.22. The summed E-state index contributed by atoms with van der Waals surface area (Å²) in [5.41, 5.74) is 0.574. The molecule has 0 unspecified atom stereocenters. The molecule has 1 heterocycles. The summed E-state index contributed by atoms with van der Waals surface area (Å²) in [5, 5.41) is 11.9. The van der Waals surface area contributed by atoms with Gasteiger partial charge in [-0.1, -0.05) is 18.2 Å². The smallest absolute Gasteiger partial charge is 0.253 e. The topological polar surface area (TPSA) is 90.3 Å². The van der Waals surface area contributed by atoms with E-state index in [4.69, 9.17) is 0 Å². The molecule has 1 aromatic rings. The molecule has 1 fully saturated rings. The van der Waals surface area contributed by atoms with Crippen molar-refractivity contribution in [3.8, 4) is 6.07 Å². The van der Waals surface area contributed by atoms with Crippen LogP contribution in [0.3, 0.4) is 0 Å². The highest BCUT2D eigenvalue weighted by molar-refractivity contribution is 6.05. The average Bonchev–Trinajstić information content (AvgIpc) is 2.62. The van der Waals surface area contributed by atoms with E-state index in [1.54, 1.807) is 43.0 Å². The SMILES string of the molecule is CC(C)NC(=O)[C@@H](C#N)C(=O)[C@@H]1CCCN(C(=O)c2ccccc2)C1. The normalized spacial score (nSPS) is 18.3. The van der Waals surface area contributed by atoms with Gasteiger partial charge in [0.15, 0.2) is 11.7 Å². The van der Waals surface area contributed by atoms with Crippen molar-refractivity contribution in [2.24, 2.45) is 11.8 Å². The van der Waals surface area contributed by atoms with Gasteiger partial charge in [0.25, 0.3) is 5.91 Å². The fourth-order valence-electron chi connectivity index (χ4n) is 3.01. The highest BCUT2D eigenvalue weighted by Gasteiger charge is 2.36. The summed E-state index contributed by atoms with van der Waals surface area (Å²) in [5.74, 6) is -2.89. The number of Topliss-reactive ketones (excluding diaryl/α,β-unsaturated/α-hetero) is 1. The molecule has 2 atom stereocenters. The van der Waals surface area contributed by atoms with Crippen LogP contribution in [0.4, 0.5) is 0 Å². The Morgan fingerprint density at radius 2 is 1.92 bits per heavy atom. The van der Waals surface area contributed by atoms with Gasteiger partial charge in [-0.05, 0) is 38.8 Å². The van der Waals surface area contributed by atoms with Crippen LogP contribution in [0.25, 0.3) is 0 Å². The summed E-state index contributed by atoms with van der Waals surface area (Å²) in [6, 6.07) is 10.6. The van der Waals surface area contributed by atoms with E-state index in [0.29, 0.717) is 24.9 Å². The maximum atomic E-state index is 12.6. The minimum absolute atomic E-state index is 0.127. The molecule has 2 rings (SSSR count). The molecule has 0 aliphatic carbocycles. The first-order chi connectivity index (χ1) is 11.9. The number of hydrogen-bond acceptors (Lipinski definition) is 4. The fraction of sp³-hybridized carbons (Fsp3) is 0.474. The molecular weight excluding hydrogens is 318 g/mol. The van der Waals surface area contributed by atoms with Gasteiger partial charge >= 0.3 is 0 Å². The van der Waals surface area contributed by atoms with Gasteiger partial charge in [0.05, 0.1) is 6.07 Å². The van der Waals surface area contributed by atoms with Crippen molar-refractivity contribution in [3.05, 3.63) is 35.9 Å². The Morgan fingerprint density at radius 3 is 2.52 bits per heavy atom. The summed E-state index contributed by atoms with van der Waals surface area (Å²) >= 11 is 0. The van der Waals surface area contributed by atoms with Gasteiger partial charge in [-0.3, -0.25) is 14.4 Å². The third-order valence-corrected chi connectivity index (χ3v) is 4.24. The van der Waals surface area contributed by atoms with Crippen molar-refractivity contribution in [2.75, 3.05) is 13.1 Å². The van der Waals surface area contributed by atoms with Crippen molar-refractivity contribution >= 4 is 17.6 Å². The third-order valence-electron chi connectivity index (χ3n) is 4.24. The fourth-order valence-corrected chi connectivity index (χ4v) is 3.01. The van der Waals surface area contributed by atoms with Crippen LogP contribution in [0.15, 0.2) is 30.3 Å². The second-order valence-corrected chi connectivity index (χ2v) is 6.58. The van der Waals surface area contributed by atoms with Crippen LogP contribution in [0.5, 0.6) is 0 Å². The number of carbonyl (C=O) groups excluding carboxylic acids is 3. The summed E-state index contributed by atoms with van der Waals surface area (Å²) in [7, 11) is 0. The number of ketones is 1. The van der Waals surface area contributed by atoms with E-state index < -0.39 is 23.5 Å². The van der Waals surface area contributed by atoms with Crippen molar-refractivity contribution in [1.29, 1.82) is 5.26 Å². The van der Waals surface area contributed by atoms with E-state index >= 15 is 0 Å². The molecule has 1 aromatic carbocycles. The van der Waals surface area contributed by atoms with E-state index in [9.17, 15) is 19.6 Å². The van der Waals surface area contributed by atoms with Crippen LogP contribution in [0.1, 0.15) is 37.0 Å². The lowest BCUT2D eigenvalue weighted by Gasteiger charge is -2.32. The minimum Gasteiger partial charge on any atom is -0.352 e. The number of nitrogens with zero attached hydrogens (tertiary/aromatic N) is 2. The molecule has 1 N–H and O–H groups in total. The number of piperidine rings is 1. The number of nitrogens with one attached hydrogen (secondary N) is 1. The van der Waals surface area contributed by atoms with Gasteiger partial charge < -0.3 is 10.2 Å².